The fraction of sp³-hybridized carbons (Fsp3) is 0.273. The summed E-state index contributed by atoms with van der Waals surface area (Å²) in [6, 6.07) is 24.3. The van der Waals surface area contributed by atoms with Crippen LogP contribution in [0.25, 0.3) is 22.3 Å². The van der Waals surface area contributed by atoms with Crippen molar-refractivity contribution < 1.29 is 18.9 Å². The Labute approximate surface area is 268 Å². The molecule has 0 saturated carbocycles. The number of hydrogen-bond acceptors (Lipinski definition) is 6. The number of benzene rings is 4. The number of para-hydroxylation sites is 2. The standard InChI is InChI=1S/C22H23NO4.C6H5Br2N.C5H14Si/c1-24-16-10-6-11-17(25-2)20(16)14-8-5-9-15(22(14)23)21-18(26-3)12-7-13-19(21)27-4;7-4-2-1-3-5(8)6(4)9;1-5-6(2,3)4/h5-13H,23H2,1-4H3;1-3H,9H2;5H2,1-4H3. The van der Waals surface area contributed by atoms with Crippen LogP contribution >= 0.6 is 31.9 Å². The van der Waals surface area contributed by atoms with E-state index < -0.39 is 8.07 Å². The molecule has 0 radical (unpaired) electrons. The molecule has 0 amide bonds. The van der Waals surface area contributed by atoms with Gasteiger partial charge >= 0.3 is 0 Å². The minimum Gasteiger partial charge on any atom is -0.496 e. The van der Waals surface area contributed by atoms with Crippen molar-refractivity contribution in [3.8, 4) is 45.3 Å². The molecule has 0 aliphatic rings. The van der Waals surface area contributed by atoms with Gasteiger partial charge in [0.15, 0.2) is 0 Å². The zero-order valence-corrected chi connectivity index (χ0v) is 29.9. The fourth-order valence-electron chi connectivity index (χ4n) is 3.75. The summed E-state index contributed by atoms with van der Waals surface area (Å²) >= 11 is 6.58. The summed E-state index contributed by atoms with van der Waals surface area (Å²) in [5.74, 6) is 2.74. The van der Waals surface area contributed by atoms with E-state index in [0.29, 0.717) is 28.7 Å². The van der Waals surface area contributed by atoms with Crippen molar-refractivity contribution in [3.05, 3.63) is 81.7 Å². The second-order valence-corrected chi connectivity index (χ2v) is 17.9. The van der Waals surface area contributed by atoms with E-state index in [1.54, 1.807) is 28.4 Å². The van der Waals surface area contributed by atoms with E-state index in [0.717, 1.165) is 36.9 Å². The van der Waals surface area contributed by atoms with E-state index >= 15 is 0 Å². The Morgan fingerprint density at radius 3 is 1.10 bits per heavy atom. The molecule has 9 heteroatoms. The number of nitrogens with two attached hydrogens (primary N) is 2. The molecular weight excluding hydrogens is 676 g/mol. The molecule has 0 aliphatic carbocycles. The highest BCUT2D eigenvalue weighted by Crippen LogP contribution is 2.47. The lowest BCUT2D eigenvalue weighted by atomic mass is 9.94. The maximum Gasteiger partial charge on any atom is 0.130 e. The topological polar surface area (TPSA) is 89.0 Å². The van der Waals surface area contributed by atoms with E-state index in [9.17, 15) is 0 Å². The maximum atomic E-state index is 6.62. The van der Waals surface area contributed by atoms with E-state index in [2.05, 4.69) is 58.4 Å². The average Bonchev–Trinajstić information content (AvgIpc) is 2.99. The van der Waals surface area contributed by atoms with Crippen molar-refractivity contribution >= 4 is 51.3 Å². The van der Waals surface area contributed by atoms with E-state index in [-0.39, 0.29) is 0 Å². The molecular formula is C33H42Br2N2O4Si. The lowest BCUT2D eigenvalue weighted by Gasteiger charge is -2.19. The number of ether oxygens (including phenoxy) is 4. The molecule has 226 valence electrons. The summed E-state index contributed by atoms with van der Waals surface area (Å²) in [6.45, 7) is 9.42. The van der Waals surface area contributed by atoms with Gasteiger partial charge in [-0.05, 0) is 68.3 Å². The summed E-state index contributed by atoms with van der Waals surface area (Å²) < 4.78 is 24.0. The highest BCUT2D eigenvalue weighted by molar-refractivity contribution is 9.11. The SMILES string of the molecule is CC[Si](C)(C)C.COc1cccc(OC)c1-c1cccc(-c2c(OC)cccc2OC)c1N.Nc1c(Br)cccc1Br. The molecule has 0 unspecified atom stereocenters. The maximum absolute atomic E-state index is 6.62. The third kappa shape index (κ3) is 9.18. The van der Waals surface area contributed by atoms with E-state index in [1.807, 2.05) is 72.8 Å². The van der Waals surface area contributed by atoms with Crippen LogP contribution in [-0.4, -0.2) is 36.5 Å². The minimum atomic E-state index is -0.631. The van der Waals surface area contributed by atoms with Crippen LogP contribution in [0.4, 0.5) is 11.4 Å². The van der Waals surface area contributed by atoms with Crippen LogP contribution in [0.2, 0.25) is 25.7 Å². The number of nitrogen functional groups attached to an aromatic ring is 2. The Kier molecular flexibility index (Phi) is 13.8. The molecule has 4 N–H and O–H groups in total. The summed E-state index contributed by atoms with van der Waals surface area (Å²) in [5, 5.41) is 0. The Balaban J connectivity index is 0.000000336. The molecule has 0 bridgehead atoms. The lowest BCUT2D eigenvalue weighted by molar-refractivity contribution is 0.397. The highest BCUT2D eigenvalue weighted by atomic mass is 79.9. The van der Waals surface area contributed by atoms with Gasteiger partial charge in [-0.1, -0.05) is 69.0 Å². The van der Waals surface area contributed by atoms with Gasteiger partial charge in [0.05, 0.1) is 45.3 Å². The van der Waals surface area contributed by atoms with Crippen molar-refractivity contribution in [2.75, 3.05) is 39.9 Å². The summed E-state index contributed by atoms with van der Waals surface area (Å²) in [7, 11) is 5.88. The van der Waals surface area contributed by atoms with Crippen LogP contribution in [-0.2, 0) is 0 Å². The normalized spacial score (nSPS) is 10.4. The Bertz CT molecular complexity index is 1320. The predicted octanol–water partition coefficient (Wildman–Crippen LogP) is 9.78. The van der Waals surface area contributed by atoms with E-state index in [1.165, 1.54) is 6.04 Å². The van der Waals surface area contributed by atoms with Gasteiger partial charge in [0.2, 0.25) is 0 Å². The Morgan fingerprint density at radius 1 is 0.548 bits per heavy atom. The molecule has 0 atom stereocenters. The summed E-state index contributed by atoms with van der Waals surface area (Å²) in [5.41, 5.74) is 16.8. The van der Waals surface area contributed by atoms with Gasteiger partial charge in [-0.3, -0.25) is 0 Å². The first-order valence-electron chi connectivity index (χ1n) is 13.4. The molecule has 0 aliphatic heterocycles. The molecule has 6 nitrogen and oxygen atoms in total. The van der Waals surface area contributed by atoms with Crippen LogP contribution < -0.4 is 30.4 Å². The van der Waals surface area contributed by atoms with Crippen molar-refractivity contribution in [2.45, 2.75) is 32.6 Å². The number of rotatable bonds is 7. The van der Waals surface area contributed by atoms with Crippen molar-refractivity contribution in [3.63, 3.8) is 0 Å². The smallest absolute Gasteiger partial charge is 0.130 e. The Morgan fingerprint density at radius 2 is 0.833 bits per heavy atom. The van der Waals surface area contributed by atoms with Crippen molar-refractivity contribution in [2.24, 2.45) is 0 Å². The first-order chi connectivity index (χ1) is 19.9. The predicted molar refractivity (Wildman–Crippen MR) is 188 cm³/mol. The fourth-order valence-corrected chi connectivity index (χ4v) is 4.74. The lowest BCUT2D eigenvalue weighted by Crippen LogP contribution is -2.16. The van der Waals surface area contributed by atoms with E-state index in [4.69, 9.17) is 30.4 Å². The summed E-state index contributed by atoms with van der Waals surface area (Å²) in [4.78, 5) is 0. The van der Waals surface area contributed by atoms with Gasteiger partial charge < -0.3 is 30.4 Å². The molecule has 0 saturated heterocycles. The minimum absolute atomic E-state index is 0.586. The van der Waals surface area contributed by atoms with Gasteiger partial charge in [-0.2, -0.15) is 0 Å². The molecule has 42 heavy (non-hydrogen) atoms. The van der Waals surface area contributed by atoms with Gasteiger partial charge in [0.25, 0.3) is 0 Å². The van der Waals surface area contributed by atoms with Crippen LogP contribution in [0.15, 0.2) is 81.7 Å². The van der Waals surface area contributed by atoms with Gasteiger partial charge in [0, 0.05) is 33.8 Å². The first-order valence-corrected chi connectivity index (χ1v) is 18.7. The molecule has 4 aromatic carbocycles. The third-order valence-electron chi connectivity index (χ3n) is 6.56. The monoisotopic (exact) mass is 716 g/mol. The molecule has 4 rings (SSSR count). The van der Waals surface area contributed by atoms with Crippen molar-refractivity contribution in [1.29, 1.82) is 0 Å². The molecule has 0 aromatic heterocycles. The molecule has 4 aromatic rings. The van der Waals surface area contributed by atoms with Crippen LogP contribution in [0.5, 0.6) is 23.0 Å². The quantitative estimate of drug-likeness (QED) is 0.146. The van der Waals surface area contributed by atoms with Gasteiger partial charge in [-0.15, -0.1) is 0 Å². The summed E-state index contributed by atoms with van der Waals surface area (Å²) in [6.07, 6.45) is 0. The molecule has 0 fully saturated rings. The third-order valence-corrected chi connectivity index (χ3v) is 10.1. The number of anilines is 2. The Hall–Kier alpha value is -3.14. The average molecular weight is 719 g/mol. The second-order valence-electron chi connectivity index (χ2n) is 10.4. The van der Waals surface area contributed by atoms with Crippen LogP contribution in [0, 0.1) is 0 Å². The van der Waals surface area contributed by atoms with Crippen LogP contribution in [0.3, 0.4) is 0 Å². The zero-order valence-electron chi connectivity index (χ0n) is 25.7. The largest absolute Gasteiger partial charge is 0.496 e. The number of hydrogen-bond donors (Lipinski definition) is 2. The first kappa shape index (κ1) is 35.1. The van der Waals surface area contributed by atoms with Gasteiger partial charge in [0.1, 0.15) is 23.0 Å². The number of methoxy groups -OCH3 is 4. The second kappa shape index (κ2) is 16.5. The zero-order chi connectivity index (χ0) is 31.4. The number of halogens is 2. The molecule has 0 heterocycles. The highest BCUT2D eigenvalue weighted by Gasteiger charge is 2.20. The van der Waals surface area contributed by atoms with Gasteiger partial charge in [-0.25, -0.2) is 0 Å². The van der Waals surface area contributed by atoms with Crippen molar-refractivity contribution in [1.82, 2.24) is 0 Å². The van der Waals surface area contributed by atoms with Crippen LogP contribution in [0.1, 0.15) is 6.92 Å². The molecule has 0 spiro atoms.